The van der Waals surface area contributed by atoms with E-state index in [2.05, 4.69) is 30.7 Å². The highest BCUT2D eigenvalue weighted by Gasteiger charge is 2.28. The SMILES string of the molecule is CCN(Cc1nc(C)c(C)s1)C1CCCCC1CN. The fraction of sp³-hybridized carbons (Fsp3) is 0.800. The third kappa shape index (κ3) is 3.56. The molecule has 1 aromatic rings. The van der Waals surface area contributed by atoms with Crippen LogP contribution in [0.1, 0.15) is 48.2 Å². The Bertz CT molecular complexity index is 383. The Kier molecular flexibility index (Phi) is 5.37. The van der Waals surface area contributed by atoms with Gasteiger partial charge in [0, 0.05) is 10.9 Å². The highest BCUT2D eigenvalue weighted by atomic mass is 32.1. The Hall–Kier alpha value is -0.450. The van der Waals surface area contributed by atoms with Gasteiger partial charge in [0.15, 0.2) is 0 Å². The Morgan fingerprint density at radius 2 is 2.05 bits per heavy atom. The van der Waals surface area contributed by atoms with Crippen LogP contribution in [0.3, 0.4) is 0 Å². The van der Waals surface area contributed by atoms with Gasteiger partial charge in [-0.25, -0.2) is 4.98 Å². The Labute approximate surface area is 121 Å². The maximum Gasteiger partial charge on any atom is 0.107 e. The Balaban J connectivity index is 2.06. The minimum absolute atomic E-state index is 0.660. The molecule has 1 aromatic heterocycles. The van der Waals surface area contributed by atoms with E-state index in [1.807, 2.05) is 11.3 Å². The molecule has 0 aromatic carbocycles. The second kappa shape index (κ2) is 6.82. The zero-order valence-corrected chi connectivity index (χ0v) is 13.3. The smallest absolute Gasteiger partial charge is 0.107 e. The molecule has 108 valence electrons. The quantitative estimate of drug-likeness (QED) is 0.902. The number of rotatable bonds is 5. The van der Waals surface area contributed by atoms with E-state index in [4.69, 9.17) is 5.73 Å². The van der Waals surface area contributed by atoms with E-state index in [1.165, 1.54) is 41.3 Å². The molecular formula is C15H27N3S. The largest absolute Gasteiger partial charge is 0.330 e. The van der Waals surface area contributed by atoms with Gasteiger partial charge in [-0.15, -0.1) is 11.3 Å². The monoisotopic (exact) mass is 281 g/mol. The van der Waals surface area contributed by atoms with Crippen molar-refractivity contribution < 1.29 is 0 Å². The molecule has 1 heterocycles. The predicted molar refractivity (Wildman–Crippen MR) is 82.5 cm³/mol. The fourth-order valence-corrected chi connectivity index (χ4v) is 4.15. The summed E-state index contributed by atoms with van der Waals surface area (Å²) in [7, 11) is 0. The second-order valence-electron chi connectivity index (χ2n) is 5.66. The Morgan fingerprint density at radius 3 is 2.63 bits per heavy atom. The molecular weight excluding hydrogens is 254 g/mol. The zero-order chi connectivity index (χ0) is 13.8. The maximum atomic E-state index is 5.97. The van der Waals surface area contributed by atoms with Crippen molar-refractivity contribution in [2.75, 3.05) is 13.1 Å². The van der Waals surface area contributed by atoms with Gasteiger partial charge >= 0.3 is 0 Å². The van der Waals surface area contributed by atoms with E-state index in [9.17, 15) is 0 Å². The summed E-state index contributed by atoms with van der Waals surface area (Å²) < 4.78 is 0. The second-order valence-corrected chi connectivity index (χ2v) is 6.95. The molecule has 2 atom stereocenters. The summed E-state index contributed by atoms with van der Waals surface area (Å²) >= 11 is 1.85. The van der Waals surface area contributed by atoms with Gasteiger partial charge in [-0.3, -0.25) is 4.90 Å². The van der Waals surface area contributed by atoms with Crippen LogP contribution in [0.5, 0.6) is 0 Å². The van der Waals surface area contributed by atoms with Crippen molar-refractivity contribution in [2.45, 2.75) is 59.0 Å². The first kappa shape index (κ1) is 14.9. The van der Waals surface area contributed by atoms with Gasteiger partial charge in [-0.05, 0) is 45.7 Å². The number of thiazole rings is 1. The van der Waals surface area contributed by atoms with Crippen LogP contribution in [-0.2, 0) is 6.54 Å². The molecule has 4 heteroatoms. The predicted octanol–water partition coefficient (Wildman–Crippen LogP) is 3.10. The molecule has 0 aliphatic heterocycles. The number of aryl methyl sites for hydroxylation is 2. The lowest BCUT2D eigenvalue weighted by Gasteiger charge is -2.38. The highest BCUT2D eigenvalue weighted by Crippen LogP contribution is 2.29. The third-order valence-corrected chi connectivity index (χ3v) is 5.52. The lowest BCUT2D eigenvalue weighted by molar-refractivity contribution is 0.105. The van der Waals surface area contributed by atoms with E-state index in [0.717, 1.165) is 19.6 Å². The molecule has 1 aliphatic carbocycles. The van der Waals surface area contributed by atoms with E-state index >= 15 is 0 Å². The summed E-state index contributed by atoms with van der Waals surface area (Å²) in [5.41, 5.74) is 7.16. The summed E-state index contributed by atoms with van der Waals surface area (Å²) in [6.07, 6.45) is 5.31. The first-order valence-electron chi connectivity index (χ1n) is 7.52. The zero-order valence-electron chi connectivity index (χ0n) is 12.5. The molecule has 3 nitrogen and oxygen atoms in total. The average molecular weight is 281 g/mol. The van der Waals surface area contributed by atoms with Crippen molar-refractivity contribution >= 4 is 11.3 Å². The van der Waals surface area contributed by atoms with Crippen molar-refractivity contribution in [3.63, 3.8) is 0 Å². The van der Waals surface area contributed by atoms with Gasteiger partial charge in [-0.1, -0.05) is 19.8 Å². The van der Waals surface area contributed by atoms with Crippen LogP contribution in [0.4, 0.5) is 0 Å². The van der Waals surface area contributed by atoms with Crippen LogP contribution >= 0.6 is 11.3 Å². The number of aromatic nitrogens is 1. The van der Waals surface area contributed by atoms with E-state index < -0.39 is 0 Å². The number of nitrogens with zero attached hydrogens (tertiary/aromatic N) is 2. The minimum atomic E-state index is 0.660. The number of nitrogens with two attached hydrogens (primary N) is 1. The minimum Gasteiger partial charge on any atom is -0.330 e. The third-order valence-electron chi connectivity index (χ3n) is 4.46. The van der Waals surface area contributed by atoms with Gasteiger partial charge < -0.3 is 5.73 Å². The van der Waals surface area contributed by atoms with Crippen LogP contribution in [0.2, 0.25) is 0 Å². The molecule has 1 saturated carbocycles. The Morgan fingerprint density at radius 1 is 1.32 bits per heavy atom. The molecule has 0 amide bonds. The summed E-state index contributed by atoms with van der Waals surface area (Å²) in [4.78, 5) is 8.63. The first-order chi connectivity index (χ1) is 9.15. The average Bonchev–Trinajstić information content (AvgIpc) is 2.75. The van der Waals surface area contributed by atoms with E-state index in [-0.39, 0.29) is 0 Å². The molecule has 0 radical (unpaired) electrons. The van der Waals surface area contributed by atoms with Crippen molar-refractivity contribution in [3.05, 3.63) is 15.6 Å². The first-order valence-corrected chi connectivity index (χ1v) is 8.34. The van der Waals surface area contributed by atoms with E-state index in [1.54, 1.807) is 0 Å². The van der Waals surface area contributed by atoms with Crippen LogP contribution in [0, 0.1) is 19.8 Å². The van der Waals surface area contributed by atoms with Crippen LogP contribution in [-0.4, -0.2) is 29.0 Å². The van der Waals surface area contributed by atoms with Crippen molar-refractivity contribution in [3.8, 4) is 0 Å². The van der Waals surface area contributed by atoms with Crippen LogP contribution in [0.15, 0.2) is 0 Å². The molecule has 19 heavy (non-hydrogen) atoms. The van der Waals surface area contributed by atoms with Gasteiger partial charge in [-0.2, -0.15) is 0 Å². The topological polar surface area (TPSA) is 42.2 Å². The number of hydrogen-bond acceptors (Lipinski definition) is 4. The molecule has 2 rings (SSSR count). The lowest BCUT2D eigenvalue weighted by Crippen LogP contribution is -2.44. The molecule has 2 N–H and O–H groups in total. The van der Waals surface area contributed by atoms with Gasteiger partial charge in [0.2, 0.25) is 0 Å². The van der Waals surface area contributed by atoms with Crippen molar-refractivity contribution in [2.24, 2.45) is 11.7 Å². The lowest BCUT2D eigenvalue weighted by atomic mass is 9.83. The van der Waals surface area contributed by atoms with Crippen molar-refractivity contribution in [1.29, 1.82) is 0 Å². The molecule has 1 aliphatic rings. The molecule has 0 saturated heterocycles. The maximum absolute atomic E-state index is 5.97. The summed E-state index contributed by atoms with van der Waals surface area (Å²) in [5.74, 6) is 0.677. The molecule has 1 fully saturated rings. The normalized spacial score (nSPS) is 24.1. The van der Waals surface area contributed by atoms with Crippen LogP contribution in [0.25, 0.3) is 0 Å². The van der Waals surface area contributed by atoms with Crippen LogP contribution < -0.4 is 5.73 Å². The fourth-order valence-electron chi connectivity index (χ4n) is 3.19. The molecule has 2 unspecified atom stereocenters. The van der Waals surface area contributed by atoms with Gasteiger partial charge in [0.1, 0.15) is 5.01 Å². The van der Waals surface area contributed by atoms with E-state index in [0.29, 0.717) is 12.0 Å². The summed E-state index contributed by atoms with van der Waals surface area (Å²) in [6, 6.07) is 0.660. The summed E-state index contributed by atoms with van der Waals surface area (Å²) in [5, 5.41) is 1.26. The summed E-state index contributed by atoms with van der Waals surface area (Å²) in [6.45, 7) is 9.45. The standard InChI is InChI=1S/C15H27N3S/c1-4-18(10-15-17-11(2)12(3)19-15)14-8-6-5-7-13(14)9-16/h13-14H,4-10,16H2,1-3H3. The molecule has 0 bridgehead atoms. The van der Waals surface area contributed by atoms with Crippen molar-refractivity contribution in [1.82, 2.24) is 9.88 Å². The highest BCUT2D eigenvalue weighted by molar-refractivity contribution is 7.11. The number of hydrogen-bond donors (Lipinski definition) is 1. The van der Waals surface area contributed by atoms with Gasteiger partial charge in [0.25, 0.3) is 0 Å². The molecule has 0 spiro atoms. The van der Waals surface area contributed by atoms with Gasteiger partial charge in [0.05, 0.1) is 12.2 Å².